The number of para-hydroxylation sites is 1. The van der Waals surface area contributed by atoms with Gasteiger partial charge in [0.15, 0.2) is 0 Å². The standard InChI is InChI=1S/C27H28N4O3/c1-2-3-9-25(32)31-18-16-30(17-19-31)24-15-14-23(27(28)33)26(29-24)20-10-12-22(13-11-20)34-21-7-5-4-6-8-21/h3-15H,2,16-19H2,1H3,(H2,28,33)/b9-3+. The molecular weight excluding hydrogens is 428 g/mol. The normalized spacial score (nSPS) is 13.8. The number of benzene rings is 2. The molecule has 1 aliphatic heterocycles. The number of anilines is 1. The molecule has 1 saturated heterocycles. The zero-order chi connectivity index (χ0) is 23.9. The lowest BCUT2D eigenvalue weighted by atomic mass is 10.0. The summed E-state index contributed by atoms with van der Waals surface area (Å²) in [7, 11) is 0. The van der Waals surface area contributed by atoms with Gasteiger partial charge in [-0.15, -0.1) is 0 Å². The fourth-order valence-electron chi connectivity index (χ4n) is 3.83. The van der Waals surface area contributed by atoms with Crippen molar-refractivity contribution in [2.24, 2.45) is 5.73 Å². The van der Waals surface area contributed by atoms with Crippen LogP contribution in [0, 0.1) is 0 Å². The second kappa shape index (κ2) is 10.7. The van der Waals surface area contributed by atoms with Gasteiger partial charge in [-0.25, -0.2) is 4.98 Å². The zero-order valence-electron chi connectivity index (χ0n) is 19.2. The number of piperazine rings is 1. The van der Waals surface area contributed by atoms with E-state index in [1.54, 1.807) is 12.1 Å². The Morgan fingerprint density at radius 3 is 2.26 bits per heavy atom. The Bertz CT molecular complexity index is 1170. The largest absolute Gasteiger partial charge is 0.457 e. The molecule has 2 aromatic carbocycles. The summed E-state index contributed by atoms with van der Waals surface area (Å²) >= 11 is 0. The molecule has 1 fully saturated rings. The summed E-state index contributed by atoms with van der Waals surface area (Å²) in [5, 5.41) is 0. The average Bonchev–Trinajstić information content (AvgIpc) is 2.88. The number of carbonyl (C=O) groups excluding carboxylic acids is 2. The molecule has 0 aliphatic carbocycles. The van der Waals surface area contributed by atoms with E-state index in [9.17, 15) is 9.59 Å². The first kappa shape index (κ1) is 23.0. The fourth-order valence-corrected chi connectivity index (χ4v) is 3.83. The number of nitrogens with zero attached hydrogens (tertiary/aromatic N) is 3. The highest BCUT2D eigenvalue weighted by Crippen LogP contribution is 2.29. The van der Waals surface area contributed by atoms with E-state index >= 15 is 0 Å². The van der Waals surface area contributed by atoms with E-state index in [1.165, 1.54) is 0 Å². The van der Waals surface area contributed by atoms with Crippen molar-refractivity contribution in [2.45, 2.75) is 13.3 Å². The van der Waals surface area contributed by atoms with Crippen LogP contribution in [-0.2, 0) is 4.79 Å². The van der Waals surface area contributed by atoms with Crippen molar-refractivity contribution in [1.82, 2.24) is 9.88 Å². The van der Waals surface area contributed by atoms with Crippen LogP contribution in [0.15, 0.2) is 78.9 Å². The van der Waals surface area contributed by atoms with E-state index in [4.69, 9.17) is 15.5 Å². The van der Waals surface area contributed by atoms with Gasteiger partial charge in [0.1, 0.15) is 17.3 Å². The number of nitrogens with two attached hydrogens (primary N) is 1. The lowest BCUT2D eigenvalue weighted by molar-refractivity contribution is -0.126. The second-order valence-corrected chi connectivity index (χ2v) is 7.99. The number of primary amides is 1. The van der Waals surface area contributed by atoms with Gasteiger partial charge < -0.3 is 20.3 Å². The zero-order valence-corrected chi connectivity index (χ0v) is 19.2. The molecule has 0 radical (unpaired) electrons. The van der Waals surface area contributed by atoms with Crippen molar-refractivity contribution in [3.8, 4) is 22.8 Å². The van der Waals surface area contributed by atoms with Crippen LogP contribution in [0.3, 0.4) is 0 Å². The van der Waals surface area contributed by atoms with E-state index in [-0.39, 0.29) is 5.91 Å². The predicted octanol–water partition coefficient (Wildman–Crippen LogP) is 4.25. The number of hydrogen-bond donors (Lipinski definition) is 1. The van der Waals surface area contributed by atoms with Gasteiger partial charge in [0, 0.05) is 31.7 Å². The Morgan fingerprint density at radius 1 is 0.941 bits per heavy atom. The number of allylic oxidation sites excluding steroid dienone is 1. The topological polar surface area (TPSA) is 88.8 Å². The van der Waals surface area contributed by atoms with Crippen molar-refractivity contribution < 1.29 is 14.3 Å². The molecule has 1 aliphatic rings. The Hall–Kier alpha value is -4.13. The molecule has 0 unspecified atom stereocenters. The van der Waals surface area contributed by atoms with E-state index in [0.29, 0.717) is 43.2 Å². The van der Waals surface area contributed by atoms with Crippen LogP contribution >= 0.6 is 0 Å². The number of pyridine rings is 1. The fraction of sp³-hybridized carbons (Fsp3) is 0.222. The molecule has 4 rings (SSSR count). The number of aromatic nitrogens is 1. The molecule has 0 spiro atoms. The minimum absolute atomic E-state index is 0.0389. The van der Waals surface area contributed by atoms with E-state index in [2.05, 4.69) is 4.90 Å². The first-order chi connectivity index (χ1) is 16.5. The van der Waals surface area contributed by atoms with Gasteiger partial charge in [-0.05, 0) is 61.0 Å². The summed E-state index contributed by atoms with van der Waals surface area (Å²) in [5.74, 6) is 1.69. The van der Waals surface area contributed by atoms with Gasteiger partial charge in [0.05, 0.1) is 11.3 Å². The SMILES string of the molecule is CC/C=C/C(=O)N1CCN(c2ccc(C(N)=O)c(-c3ccc(Oc4ccccc4)cc3)n2)CC1. The number of amides is 2. The maximum absolute atomic E-state index is 12.2. The number of hydrogen-bond acceptors (Lipinski definition) is 5. The summed E-state index contributed by atoms with van der Waals surface area (Å²) in [6.45, 7) is 4.57. The monoisotopic (exact) mass is 456 g/mol. The quantitative estimate of drug-likeness (QED) is 0.537. The van der Waals surface area contributed by atoms with Gasteiger partial charge in [-0.2, -0.15) is 0 Å². The molecule has 2 amide bonds. The van der Waals surface area contributed by atoms with Gasteiger partial charge in [-0.1, -0.05) is 31.2 Å². The minimum Gasteiger partial charge on any atom is -0.457 e. The number of carbonyl (C=O) groups is 2. The van der Waals surface area contributed by atoms with Crippen molar-refractivity contribution in [2.75, 3.05) is 31.1 Å². The summed E-state index contributed by atoms with van der Waals surface area (Å²) in [5.41, 5.74) is 7.30. The number of rotatable bonds is 7. The third-order valence-corrected chi connectivity index (χ3v) is 5.66. The molecular formula is C27H28N4O3. The molecule has 2 heterocycles. The highest BCUT2D eigenvalue weighted by atomic mass is 16.5. The van der Waals surface area contributed by atoms with Gasteiger partial charge in [-0.3, -0.25) is 9.59 Å². The van der Waals surface area contributed by atoms with Gasteiger partial charge in [0.2, 0.25) is 5.91 Å². The molecule has 174 valence electrons. The van der Waals surface area contributed by atoms with Crippen LogP contribution in [0.2, 0.25) is 0 Å². The van der Waals surface area contributed by atoms with Crippen LogP contribution in [0.5, 0.6) is 11.5 Å². The first-order valence-corrected chi connectivity index (χ1v) is 11.4. The lowest BCUT2D eigenvalue weighted by Gasteiger charge is -2.35. The summed E-state index contributed by atoms with van der Waals surface area (Å²) < 4.78 is 5.86. The minimum atomic E-state index is -0.531. The molecule has 0 bridgehead atoms. The van der Waals surface area contributed by atoms with Crippen LogP contribution in [0.4, 0.5) is 5.82 Å². The second-order valence-electron chi connectivity index (χ2n) is 7.99. The van der Waals surface area contributed by atoms with Crippen LogP contribution in [0.1, 0.15) is 23.7 Å². The van der Waals surface area contributed by atoms with E-state index < -0.39 is 5.91 Å². The Balaban J connectivity index is 1.52. The average molecular weight is 457 g/mol. The van der Waals surface area contributed by atoms with Crippen LogP contribution in [-0.4, -0.2) is 47.9 Å². The van der Waals surface area contributed by atoms with Crippen molar-refractivity contribution in [1.29, 1.82) is 0 Å². The predicted molar refractivity (Wildman–Crippen MR) is 133 cm³/mol. The smallest absolute Gasteiger partial charge is 0.250 e. The van der Waals surface area contributed by atoms with Crippen molar-refractivity contribution >= 4 is 17.6 Å². The number of ether oxygens (including phenoxy) is 1. The lowest BCUT2D eigenvalue weighted by Crippen LogP contribution is -2.48. The molecule has 7 heteroatoms. The van der Waals surface area contributed by atoms with Gasteiger partial charge in [0.25, 0.3) is 5.91 Å². The highest BCUT2D eigenvalue weighted by Gasteiger charge is 2.22. The van der Waals surface area contributed by atoms with Crippen molar-refractivity contribution in [3.05, 3.63) is 84.4 Å². The van der Waals surface area contributed by atoms with Crippen LogP contribution in [0.25, 0.3) is 11.3 Å². The Labute approximate surface area is 199 Å². The maximum Gasteiger partial charge on any atom is 0.250 e. The Kier molecular flexibility index (Phi) is 7.22. The molecule has 34 heavy (non-hydrogen) atoms. The molecule has 1 aromatic heterocycles. The highest BCUT2D eigenvalue weighted by molar-refractivity contribution is 5.99. The van der Waals surface area contributed by atoms with Crippen molar-refractivity contribution in [3.63, 3.8) is 0 Å². The Morgan fingerprint density at radius 2 is 1.62 bits per heavy atom. The first-order valence-electron chi connectivity index (χ1n) is 11.4. The summed E-state index contributed by atoms with van der Waals surface area (Å²) in [4.78, 5) is 33.1. The third-order valence-electron chi connectivity index (χ3n) is 5.66. The van der Waals surface area contributed by atoms with E-state index in [1.807, 2.05) is 78.6 Å². The summed E-state index contributed by atoms with van der Waals surface area (Å²) in [6, 6.07) is 20.5. The molecule has 3 aromatic rings. The van der Waals surface area contributed by atoms with Crippen LogP contribution < -0.4 is 15.4 Å². The maximum atomic E-state index is 12.2. The molecule has 0 atom stereocenters. The summed E-state index contributed by atoms with van der Waals surface area (Å²) in [6.07, 6.45) is 4.35. The van der Waals surface area contributed by atoms with E-state index in [0.717, 1.165) is 23.6 Å². The third kappa shape index (κ3) is 5.43. The molecule has 7 nitrogen and oxygen atoms in total. The molecule has 2 N–H and O–H groups in total. The molecule has 0 saturated carbocycles. The van der Waals surface area contributed by atoms with Gasteiger partial charge >= 0.3 is 0 Å².